The summed E-state index contributed by atoms with van der Waals surface area (Å²) in [5.74, 6) is -0.439. The van der Waals surface area contributed by atoms with Crippen molar-refractivity contribution in [1.29, 1.82) is 0 Å². The lowest BCUT2D eigenvalue weighted by Gasteiger charge is -2.11. The van der Waals surface area contributed by atoms with Crippen molar-refractivity contribution in [1.82, 2.24) is 10.4 Å². The Morgan fingerprint density at radius 2 is 2.12 bits per heavy atom. The largest absolute Gasteiger partial charge is 0.549 e. The Morgan fingerprint density at radius 3 is 2.77 bits per heavy atom. The minimum absolute atomic E-state index is 0.0956. The first kappa shape index (κ1) is 19.5. The SMILES string of the molecule is COc1ccc(/C(C)=N\NC(=O)c2cccnc2)cc1CSCC(=O)[O-]. The second kappa shape index (κ2) is 9.57. The minimum atomic E-state index is -1.11. The molecule has 1 aromatic heterocycles. The molecule has 0 aliphatic heterocycles. The molecule has 1 amide bonds. The van der Waals surface area contributed by atoms with Crippen LogP contribution in [0.3, 0.4) is 0 Å². The number of rotatable bonds is 8. The van der Waals surface area contributed by atoms with Gasteiger partial charge in [-0.25, -0.2) is 5.43 Å². The highest BCUT2D eigenvalue weighted by Crippen LogP contribution is 2.24. The fourth-order valence-electron chi connectivity index (χ4n) is 2.12. The Kier molecular flexibility index (Phi) is 7.16. The second-order valence-corrected chi connectivity index (χ2v) is 6.26. The lowest BCUT2D eigenvalue weighted by molar-refractivity contribution is -0.301. The van der Waals surface area contributed by atoms with Crippen LogP contribution in [0.1, 0.15) is 28.4 Å². The summed E-state index contributed by atoms with van der Waals surface area (Å²) in [5, 5.41) is 14.7. The van der Waals surface area contributed by atoms with E-state index in [0.717, 1.165) is 11.1 Å². The summed E-state index contributed by atoms with van der Waals surface area (Å²) < 4.78 is 5.30. The summed E-state index contributed by atoms with van der Waals surface area (Å²) in [6, 6.07) is 8.78. The molecule has 26 heavy (non-hydrogen) atoms. The van der Waals surface area contributed by atoms with Crippen molar-refractivity contribution in [3.05, 3.63) is 59.4 Å². The van der Waals surface area contributed by atoms with E-state index >= 15 is 0 Å². The van der Waals surface area contributed by atoms with Gasteiger partial charge in [0.25, 0.3) is 5.91 Å². The fraction of sp³-hybridized carbons (Fsp3) is 0.222. The number of ether oxygens (including phenoxy) is 1. The first-order valence-corrected chi connectivity index (χ1v) is 8.86. The van der Waals surface area contributed by atoms with Crippen molar-refractivity contribution in [2.75, 3.05) is 12.9 Å². The van der Waals surface area contributed by atoms with Gasteiger partial charge in [-0.05, 0) is 42.8 Å². The Bertz CT molecular complexity index is 809. The van der Waals surface area contributed by atoms with Gasteiger partial charge in [0.2, 0.25) is 0 Å². The van der Waals surface area contributed by atoms with E-state index in [2.05, 4.69) is 15.5 Å². The molecular weight excluding hydrogens is 354 g/mol. The third-order valence-corrected chi connectivity index (χ3v) is 4.38. The summed E-state index contributed by atoms with van der Waals surface area (Å²) in [4.78, 5) is 26.5. The normalized spacial score (nSPS) is 11.1. The molecular formula is C18H18N3O4S-. The van der Waals surface area contributed by atoms with Gasteiger partial charge in [0.1, 0.15) is 5.75 Å². The zero-order chi connectivity index (χ0) is 18.9. The van der Waals surface area contributed by atoms with Gasteiger partial charge in [-0.3, -0.25) is 9.78 Å². The van der Waals surface area contributed by atoms with Gasteiger partial charge < -0.3 is 14.6 Å². The molecule has 8 heteroatoms. The molecule has 2 aromatic rings. The molecule has 0 atom stereocenters. The average Bonchev–Trinajstić information content (AvgIpc) is 2.66. The number of thioether (sulfide) groups is 1. The van der Waals surface area contributed by atoms with Crippen LogP contribution >= 0.6 is 11.8 Å². The highest BCUT2D eigenvalue weighted by molar-refractivity contribution is 7.99. The first-order valence-electron chi connectivity index (χ1n) is 7.70. The number of hydrazone groups is 1. The molecule has 0 radical (unpaired) electrons. The maximum Gasteiger partial charge on any atom is 0.272 e. The van der Waals surface area contributed by atoms with Crippen LogP contribution in [0.4, 0.5) is 0 Å². The molecule has 0 aliphatic rings. The van der Waals surface area contributed by atoms with E-state index in [9.17, 15) is 14.7 Å². The molecule has 1 N–H and O–H groups in total. The summed E-state index contributed by atoms with van der Waals surface area (Å²) >= 11 is 1.22. The number of methoxy groups -OCH3 is 1. The van der Waals surface area contributed by atoms with Crippen molar-refractivity contribution < 1.29 is 19.4 Å². The Labute approximate surface area is 155 Å². The summed E-state index contributed by atoms with van der Waals surface area (Å²) in [6.07, 6.45) is 3.04. The predicted molar refractivity (Wildman–Crippen MR) is 98.1 cm³/mol. The molecule has 0 aliphatic carbocycles. The molecule has 0 saturated carbocycles. The molecule has 1 aromatic carbocycles. The van der Waals surface area contributed by atoms with Crippen molar-refractivity contribution in [2.24, 2.45) is 5.10 Å². The third-order valence-electron chi connectivity index (χ3n) is 3.42. The molecule has 1 heterocycles. The number of benzene rings is 1. The fourth-order valence-corrected chi connectivity index (χ4v) is 2.84. The van der Waals surface area contributed by atoms with Gasteiger partial charge in [0.05, 0.1) is 24.4 Å². The Balaban J connectivity index is 2.10. The Hall–Kier alpha value is -2.87. The maximum absolute atomic E-state index is 12.0. The number of amides is 1. The predicted octanol–water partition coefficient (Wildman–Crippen LogP) is 1.23. The number of carboxylic acids is 1. The monoisotopic (exact) mass is 372 g/mol. The number of aliphatic carboxylic acids is 1. The number of hydrogen-bond acceptors (Lipinski definition) is 7. The molecule has 0 spiro atoms. The number of nitrogens with one attached hydrogen (secondary N) is 1. The van der Waals surface area contributed by atoms with E-state index in [1.54, 1.807) is 38.4 Å². The van der Waals surface area contributed by atoms with E-state index in [1.807, 2.05) is 12.1 Å². The molecule has 2 rings (SSSR count). The zero-order valence-electron chi connectivity index (χ0n) is 14.4. The number of nitrogens with zero attached hydrogens (tertiary/aromatic N) is 2. The van der Waals surface area contributed by atoms with Gasteiger partial charge in [0, 0.05) is 29.5 Å². The van der Waals surface area contributed by atoms with Crippen LogP contribution < -0.4 is 15.3 Å². The first-order chi connectivity index (χ1) is 12.5. The van der Waals surface area contributed by atoms with Crippen LogP contribution in [-0.4, -0.2) is 35.4 Å². The van der Waals surface area contributed by atoms with Crippen LogP contribution in [0.25, 0.3) is 0 Å². The molecule has 7 nitrogen and oxygen atoms in total. The van der Waals surface area contributed by atoms with Gasteiger partial charge in [-0.15, -0.1) is 0 Å². The van der Waals surface area contributed by atoms with Crippen LogP contribution in [0.2, 0.25) is 0 Å². The van der Waals surface area contributed by atoms with Gasteiger partial charge in [0.15, 0.2) is 0 Å². The van der Waals surface area contributed by atoms with Crippen molar-refractivity contribution >= 4 is 29.4 Å². The quantitative estimate of drug-likeness (QED) is 0.552. The summed E-state index contributed by atoms with van der Waals surface area (Å²) in [7, 11) is 1.55. The summed E-state index contributed by atoms with van der Waals surface area (Å²) in [5.41, 5.74) is 5.14. The molecule has 0 unspecified atom stereocenters. The third kappa shape index (κ3) is 5.59. The average molecular weight is 372 g/mol. The number of pyridine rings is 1. The molecule has 0 bridgehead atoms. The van der Waals surface area contributed by atoms with Crippen LogP contribution in [-0.2, 0) is 10.5 Å². The maximum atomic E-state index is 12.0. The number of carbonyl (C=O) groups is 2. The van der Waals surface area contributed by atoms with Gasteiger partial charge in [-0.2, -0.15) is 16.9 Å². The van der Waals surface area contributed by atoms with Gasteiger partial charge >= 0.3 is 0 Å². The molecule has 136 valence electrons. The van der Waals surface area contributed by atoms with Crippen LogP contribution in [0.15, 0.2) is 47.8 Å². The molecule has 0 fully saturated rings. The highest BCUT2D eigenvalue weighted by atomic mass is 32.2. The number of carbonyl (C=O) groups excluding carboxylic acids is 2. The van der Waals surface area contributed by atoms with Crippen LogP contribution in [0.5, 0.6) is 5.75 Å². The van der Waals surface area contributed by atoms with Crippen LogP contribution in [0, 0.1) is 0 Å². The van der Waals surface area contributed by atoms with Crippen molar-refractivity contribution in [3.8, 4) is 5.75 Å². The lowest BCUT2D eigenvalue weighted by atomic mass is 10.1. The standard InChI is InChI=1S/C18H19N3O4S/c1-12(20-21-18(24)14-4-3-7-19-9-14)13-5-6-16(25-2)15(8-13)10-26-11-17(22)23/h3-9H,10-11H2,1-2H3,(H,21,24)(H,22,23)/p-1/b20-12-. The number of hydrogen-bond donors (Lipinski definition) is 1. The minimum Gasteiger partial charge on any atom is -0.549 e. The zero-order valence-corrected chi connectivity index (χ0v) is 15.2. The lowest BCUT2D eigenvalue weighted by Crippen LogP contribution is -2.24. The summed E-state index contributed by atoms with van der Waals surface area (Å²) in [6.45, 7) is 1.77. The van der Waals surface area contributed by atoms with Crippen molar-refractivity contribution in [3.63, 3.8) is 0 Å². The van der Waals surface area contributed by atoms with E-state index in [4.69, 9.17) is 4.74 Å². The number of carboxylic acid groups (broad SMARTS) is 1. The topological polar surface area (TPSA) is 104 Å². The van der Waals surface area contributed by atoms with Gasteiger partial charge in [-0.1, -0.05) is 0 Å². The van der Waals surface area contributed by atoms with E-state index < -0.39 is 5.97 Å². The molecule has 0 saturated heterocycles. The second-order valence-electron chi connectivity index (χ2n) is 5.27. The van der Waals surface area contributed by atoms with E-state index in [0.29, 0.717) is 22.8 Å². The van der Waals surface area contributed by atoms with E-state index in [1.165, 1.54) is 18.0 Å². The smallest absolute Gasteiger partial charge is 0.272 e. The Morgan fingerprint density at radius 1 is 1.31 bits per heavy atom. The highest BCUT2D eigenvalue weighted by Gasteiger charge is 2.08. The van der Waals surface area contributed by atoms with Crippen molar-refractivity contribution in [2.45, 2.75) is 12.7 Å². The number of aromatic nitrogens is 1. The van der Waals surface area contributed by atoms with E-state index in [-0.39, 0.29) is 11.7 Å².